The minimum Gasteiger partial charge on any atom is -0.364 e. The normalized spacial score (nSPS) is 8.64. The molecule has 0 aliphatic heterocycles. The summed E-state index contributed by atoms with van der Waals surface area (Å²) in [5, 5.41) is 0. The van der Waals surface area contributed by atoms with Gasteiger partial charge in [0.25, 0.3) is 0 Å². The Morgan fingerprint density at radius 2 is 2.00 bits per heavy atom. The highest BCUT2D eigenvalue weighted by Crippen LogP contribution is 1.99. The van der Waals surface area contributed by atoms with Gasteiger partial charge in [0, 0.05) is 0 Å². The van der Waals surface area contributed by atoms with E-state index in [1.54, 1.807) is 0 Å². The summed E-state index contributed by atoms with van der Waals surface area (Å²) >= 11 is 3.36. The second kappa shape index (κ2) is 8.31. The molecule has 0 spiro atoms. The van der Waals surface area contributed by atoms with Crippen molar-refractivity contribution in [3.63, 3.8) is 0 Å². The van der Waals surface area contributed by atoms with Crippen molar-refractivity contribution in [2.75, 3.05) is 6.61 Å². The van der Waals surface area contributed by atoms with Gasteiger partial charge in [-0.3, -0.25) is 0 Å². The Kier molecular flexibility index (Phi) is 7.15. The van der Waals surface area contributed by atoms with Gasteiger partial charge in [-0.25, -0.2) is 0 Å². The van der Waals surface area contributed by atoms with Crippen LogP contribution in [0.2, 0.25) is 4.55 Å². The summed E-state index contributed by atoms with van der Waals surface area (Å²) in [6, 6.07) is 10.1. The molecule has 3 heteroatoms. The van der Waals surface area contributed by atoms with Crippen LogP contribution in [0.5, 0.6) is 0 Å². The number of benzene rings is 1. The molecule has 0 saturated heterocycles. The van der Waals surface area contributed by atoms with E-state index in [0.29, 0.717) is 13.2 Å². The van der Waals surface area contributed by atoms with E-state index in [1.165, 1.54) is 5.56 Å². The lowest BCUT2D eigenvalue weighted by atomic mass is 10.2. The summed E-state index contributed by atoms with van der Waals surface area (Å²) in [6.45, 7) is 1.19. The van der Waals surface area contributed by atoms with Gasteiger partial charge in [-0.1, -0.05) is 40.8 Å². The van der Waals surface area contributed by atoms with E-state index in [0.717, 1.165) is 4.55 Å². The lowest BCUT2D eigenvalue weighted by molar-refractivity contribution is 0.153. The number of rotatable bonds is 4. The van der Waals surface area contributed by atoms with Gasteiger partial charge in [-0.15, -0.1) is 5.92 Å². The fourth-order valence-corrected chi connectivity index (χ4v) is 1.85. The molecule has 0 amide bonds. The summed E-state index contributed by atoms with van der Waals surface area (Å²) in [5.41, 5.74) is 1.20. The van der Waals surface area contributed by atoms with Crippen LogP contribution in [0.3, 0.4) is 0 Å². The highest BCUT2D eigenvalue weighted by atomic mass is 79.9. The lowest BCUT2D eigenvalue weighted by Crippen LogP contribution is -1.92. The predicted octanol–water partition coefficient (Wildman–Crippen LogP) is 2.64. The van der Waals surface area contributed by atoms with Crippen LogP contribution < -0.4 is 0 Å². The lowest BCUT2D eigenvalue weighted by Gasteiger charge is -1.98. The summed E-state index contributed by atoms with van der Waals surface area (Å²) in [6.07, 6.45) is 0. The molecule has 0 heterocycles. The van der Waals surface area contributed by atoms with E-state index in [2.05, 4.69) is 36.9 Å². The van der Waals surface area contributed by atoms with Crippen LogP contribution in [0.25, 0.3) is 0 Å². The maximum atomic E-state index is 5.39. The number of hydrogen-bond acceptors (Lipinski definition) is 1. The quantitative estimate of drug-likeness (QED) is 0.461. The van der Waals surface area contributed by atoms with Crippen LogP contribution >= 0.6 is 12.9 Å². The van der Waals surface area contributed by atoms with Crippen molar-refractivity contribution >= 4 is 31.1 Å². The molecular weight excluding hydrogens is 252 g/mol. The number of halogens is 1. The Hall–Kier alpha value is -0.0138. The SMILES string of the molecule is [Br][Mg][CH2]C#CCOCc1ccccc1. The minimum absolute atomic E-state index is 0.0876. The molecule has 1 aromatic rings. The minimum atomic E-state index is -0.0876. The van der Waals surface area contributed by atoms with Crippen molar-refractivity contribution in [3.8, 4) is 11.8 Å². The van der Waals surface area contributed by atoms with Gasteiger partial charge in [0.15, 0.2) is 0 Å². The van der Waals surface area contributed by atoms with Crippen LogP contribution in [0.4, 0.5) is 0 Å². The molecule has 0 saturated carbocycles. The van der Waals surface area contributed by atoms with E-state index >= 15 is 0 Å². The van der Waals surface area contributed by atoms with Crippen molar-refractivity contribution in [2.24, 2.45) is 0 Å². The van der Waals surface area contributed by atoms with Crippen LogP contribution in [-0.4, -0.2) is 24.8 Å². The number of ether oxygens (including phenoxy) is 1. The Morgan fingerprint density at radius 3 is 2.71 bits per heavy atom. The smallest absolute Gasteiger partial charge is 0.364 e. The van der Waals surface area contributed by atoms with Gasteiger partial charge >= 0.3 is 18.2 Å². The Morgan fingerprint density at radius 1 is 1.21 bits per heavy atom. The standard InChI is InChI=1S/C11H11O.BrH.Mg/c1-2-3-9-12-10-11-7-5-4-6-8-11;;/h4-8H,1,9-10H2;1H;/q;;+1/p-1. The van der Waals surface area contributed by atoms with Crippen LogP contribution in [0.15, 0.2) is 30.3 Å². The van der Waals surface area contributed by atoms with Crippen molar-refractivity contribution < 1.29 is 4.74 Å². The van der Waals surface area contributed by atoms with E-state index in [9.17, 15) is 0 Å². The molecule has 70 valence electrons. The fraction of sp³-hybridized carbons (Fsp3) is 0.273. The zero-order valence-electron chi connectivity index (χ0n) is 8.00. The highest BCUT2D eigenvalue weighted by molar-refractivity contribution is 9.23. The van der Waals surface area contributed by atoms with Crippen LogP contribution in [0, 0.1) is 11.8 Å². The molecule has 0 aliphatic carbocycles. The third kappa shape index (κ3) is 5.66. The fourth-order valence-electron chi connectivity index (χ4n) is 0.981. The zero-order chi connectivity index (χ0) is 10.1. The van der Waals surface area contributed by atoms with Crippen molar-refractivity contribution in [1.82, 2.24) is 0 Å². The molecule has 0 fully saturated rings. The average molecular weight is 263 g/mol. The number of hydrogen-bond donors (Lipinski definition) is 0. The molecule has 0 aromatic heterocycles. The molecule has 0 bridgehead atoms. The van der Waals surface area contributed by atoms with Gasteiger partial charge in [0.05, 0.1) is 6.61 Å². The molecule has 0 radical (unpaired) electrons. The Balaban J connectivity index is 2.14. The molecule has 1 rings (SSSR count). The van der Waals surface area contributed by atoms with E-state index < -0.39 is 0 Å². The summed E-state index contributed by atoms with van der Waals surface area (Å²) in [5.74, 6) is 6.05. The van der Waals surface area contributed by atoms with Gasteiger partial charge in [0.2, 0.25) is 0 Å². The van der Waals surface area contributed by atoms with Crippen LogP contribution in [-0.2, 0) is 11.3 Å². The van der Waals surface area contributed by atoms with Gasteiger partial charge in [-0.2, -0.15) is 0 Å². The van der Waals surface area contributed by atoms with Crippen LogP contribution in [0.1, 0.15) is 5.56 Å². The molecular formula is C11H11BrMgO. The topological polar surface area (TPSA) is 9.23 Å². The van der Waals surface area contributed by atoms with Gasteiger partial charge < -0.3 is 17.6 Å². The second-order valence-electron chi connectivity index (χ2n) is 2.77. The first kappa shape index (κ1) is 12.1. The van der Waals surface area contributed by atoms with E-state index in [4.69, 9.17) is 4.74 Å². The molecule has 0 unspecified atom stereocenters. The predicted molar refractivity (Wildman–Crippen MR) is 63.4 cm³/mol. The largest absolute Gasteiger partial charge is 0.482 e. The third-order valence-corrected chi connectivity index (χ3v) is 3.26. The Bertz CT molecular complexity index is 302. The van der Waals surface area contributed by atoms with E-state index in [1.807, 2.05) is 18.2 Å². The molecule has 1 nitrogen and oxygen atoms in total. The van der Waals surface area contributed by atoms with Crippen molar-refractivity contribution in [2.45, 2.75) is 11.2 Å². The van der Waals surface area contributed by atoms with Crippen molar-refractivity contribution in [3.05, 3.63) is 35.9 Å². The third-order valence-electron chi connectivity index (χ3n) is 1.63. The summed E-state index contributed by atoms with van der Waals surface area (Å²) in [4.78, 5) is 0. The first-order chi connectivity index (χ1) is 6.93. The summed E-state index contributed by atoms with van der Waals surface area (Å²) in [7, 11) is 0. The molecule has 1 aromatic carbocycles. The second-order valence-corrected chi connectivity index (χ2v) is 6.03. The Labute approximate surface area is 101 Å². The molecule has 0 N–H and O–H groups in total. The maximum absolute atomic E-state index is 5.39. The maximum Gasteiger partial charge on any atom is 0.482 e. The molecule has 0 atom stereocenters. The monoisotopic (exact) mass is 262 g/mol. The first-order valence-corrected chi connectivity index (χ1v) is 9.46. The molecule has 14 heavy (non-hydrogen) atoms. The summed E-state index contributed by atoms with van der Waals surface area (Å²) < 4.78 is 6.42. The molecule has 0 aliphatic rings. The van der Waals surface area contributed by atoms with Gasteiger partial charge in [0.1, 0.15) is 6.61 Å². The van der Waals surface area contributed by atoms with Crippen molar-refractivity contribution in [1.29, 1.82) is 0 Å². The highest BCUT2D eigenvalue weighted by Gasteiger charge is 1.88. The van der Waals surface area contributed by atoms with E-state index in [-0.39, 0.29) is 18.2 Å². The van der Waals surface area contributed by atoms with Gasteiger partial charge in [-0.05, 0) is 5.56 Å². The zero-order valence-corrected chi connectivity index (χ0v) is 11.0. The average Bonchev–Trinajstić information content (AvgIpc) is 2.25. The first-order valence-electron chi connectivity index (χ1n) is 4.57.